The molecular formula is C26H41F5O4. The predicted octanol–water partition coefficient (Wildman–Crippen LogP) is 8.06. The molecule has 0 aromatic heterocycles. The minimum atomic E-state index is -2.23. The molecule has 9 heteroatoms. The van der Waals surface area contributed by atoms with Gasteiger partial charge >= 0.3 is 0 Å². The van der Waals surface area contributed by atoms with Crippen LogP contribution < -0.4 is 4.74 Å². The second-order valence-corrected chi connectivity index (χ2v) is 8.61. The Hall–Kier alpha value is -1.45. The lowest BCUT2D eigenvalue weighted by Gasteiger charge is -2.39. The first kappa shape index (κ1) is 31.6. The van der Waals surface area contributed by atoms with Gasteiger partial charge in [0, 0.05) is 0 Å². The number of halogens is 5. The molecule has 0 amide bonds. The molecule has 4 nitrogen and oxygen atoms in total. The van der Waals surface area contributed by atoms with Crippen molar-refractivity contribution in [1.29, 1.82) is 0 Å². The minimum absolute atomic E-state index is 0.295. The SMILES string of the molecule is CCCCCCCCC(COc1c(F)c(F)c(F)c(F)c1F)C(OCCC)(OCCC)OCCC. The second kappa shape index (κ2) is 17.1. The molecule has 1 aromatic carbocycles. The normalized spacial score (nSPS) is 12.8. The van der Waals surface area contributed by atoms with E-state index in [0.29, 0.717) is 45.5 Å². The van der Waals surface area contributed by atoms with Gasteiger partial charge in [0.1, 0.15) is 0 Å². The summed E-state index contributed by atoms with van der Waals surface area (Å²) in [5.74, 6) is -13.9. The van der Waals surface area contributed by atoms with Crippen LogP contribution in [-0.2, 0) is 14.2 Å². The second-order valence-electron chi connectivity index (χ2n) is 8.61. The van der Waals surface area contributed by atoms with Gasteiger partial charge in [-0.05, 0) is 25.7 Å². The highest BCUT2D eigenvalue weighted by atomic mass is 19.2. The third-order valence-corrected chi connectivity index (χ3v) is 5.53. The maximum atomic E-state index is 14.2. The summed E-state index contributed by atoms with van der Waals surface area (Å²) in [6, 6.07) is 0. The smallest absolute Gasteiger partial charge is 0.289 e. The number of hydrogen-bond acceptors (Lipinski definition) is 4. The lowest BCUT2D eigenvalue weighted by Crippen LogP contribution is -2.49. The van der Waals surface area contributed by atoms with Gasteiger partial charge in [0.15, 0.2) is 5.75 Å². The Bertz CT molecular complexity index is 681. The van der Waals surface area contributed by atoms with Crippen LogP contribution >= 0.6 is 0 Å². The first-order chi connectivity index (χ1) is 16.8. The molecule has 0 aliphatic heterocycles. The fourth-order valence-corrected chi connectivity index (χ4v) is 3.64. The zero-order chi connectivity index (χ0) is 26.3. The van der Waals surface area contributed by atoms with Crippen molar-refractivity contribution in [2.75, 3.05) is 26.4 Å². The molecule has 1 rings (SSSR count). The van der Waals surface area contributed by atoms with Crippen molar-refractivity contribution in [3.05, 3.63) is 29.1 Å². The van der Waals surface area contributed by atoms with Crippen LogP contribution in [0, 0.1) is 35.0 Å². The van der Waals surface area contributed by atoms with Crippen LogP contribution in [0.5, 0.6) is 5.75 Å². The van der Waals surface area contributed by atoms with Crippen molar-refractivity contribution in [3.8, 4) is 5.75 Å². The number of unbranched alkanes of at least 4 members (excludes halogenated alkanes) is 5. The molecule has 1 atom stereocenters. The van der Waals surface area contributed by atoms with Gasteiger partial charge in [0.25, 0.3) is 5.97 Å². The predicted molar refractivity (Wildman–Crippen MR) is 125 cm³/mol. The van der Waals surface area contributed by atoms with Crippen molar-refractivity contribution in [2.24, 2.45) is 5.92 Å². The molecule has 0 saturated heterocycles. The number of ether oxygens (including phenoxy) is 4. The van der Waals surface area contributed by atoms with E-state index in [9.17, 15) is 22.0 Å². The maximum absolute atomic E-state index is 14.2. The molecular weight excluding hydrogens is 471 g/mol. The molecule has 0 aliphatic carbocycles. The fraction of sp³-hybridized carbons (Fsp3) is 0.769. The van der Waals surface area contributed by atoms with E-state index >= 15 is 0 Å². The van der Waals surface area contributed by atoms with Gasteiger partial charge in [0.2, 0.25) is 29.1 Å². The van der Waals surface area contributed by atoms with Crippen LogP contribution in [0.15, 0.2) is 0 Å². The van der Waals surface area contributed by atoms with E-state index in [-0.39, 0.29) is 0 Å². The molecule has 0 spiro atoms. The van der Waals surface area contributed by atoms with E-state index in [1.165, 1.54) is 0 Å². The summed E-state index contributed by atoms with van der Waals surface area (Å²) in [5.41, 5.74) is 0. The monoisotopic (exact) mass is 512 g/mol. The van der Waals surface area contributed by atoms with Gasteiger partial charge in [-0.25, -0.2) is 13.2 Å². The first-order valence-corrected chi connectivity index (χ1v) is 12.8. The first-order valence-electron chi connectivity index (χ1n) is 12.8. The maximum Gasteiger partial charge on any atom is 0.289 e. The van der Waals surface area contributed by atoms with Crippen molar-refractivity contribution >= 4 is 0 Å². The Balaban J connectivity index is 3.23. The molecule has 1 aromatic rings. The van der Waals surface area contributed by atoms with Gasteiger partial charge in [-0.2, -0.15) is 8.78 Å². The lowest BCUT2D eigenvalue weighted by molar-refractivity contribution is -0.407. The number of benzene rings is 1. The third-order valence-electron chi connectivity index (χ3n) is 5.53. The Labute approximate surface area is 206 Å². The van der Waals surface area contributed by atoms with Crippen LogP contribution in [-0.4, -0.2) is 32.4 Å². The highest BCUT2D eigenvalue weighted by Crippen LogP contribution is 2.34. The van der Waals surface area contributed by atoms with Crippen molar-refractivity contribution < 1.29 is 40.9 Å². The van der Waals surface area contributed by atoms with Crippen LogP contribution in [0.25, 0.3) is 0 Å². The lowest BCUT2D eigenvalue weighted by atomic mass is 9.98. The summed E-state index contributed by atoms with van der Waals surface area (Å²) in [4.78, 5) is 0. The van der Waals surface area contributed by atoms with E-state index in [1.54, 1.807) is 0 Å². The fourth-order valence-electron chi connectivity index (χ4n) is 3.64. The molecule has 1 unspecified atom stereocenters. The number of hydrogen-bond donors (Lipinski definition) is 0. The average molecular weight is 513 g/mol. The van der Waals surface area contributed by atoms with Crippen LogP contribution in [0.3, 0.4) is 0 Å². The van der Waals surface area contributed by atoms with E-state index in [2.05, 4.69) is 6.92 Å². The summed E-state index contributed by atoms with van der Waals surface area (Å²) in [6.45, 7) is 8.34. The molecule has 0 heterocycles. The summed E-state index contributed by atoms with van der Waals surface area (Å²) in [5, 5.41) is 0. The minimum Gasteiger partial charge on any atom is -0.487 e. The Morgan fingerprint density at radius 2 is 1.00 bits per heavy atom. The quantitative estimate of drug-likeness (QED) is 0.0582. The molecule has 0 aliphatic rings. The van der Waals surface area contributed by atoms with Gasteiger partial charge in [0.05, 0.1) is 32.3 Å². The molecule has 0 fully saturated rings. The van der Waals surface area contributed by atoms with Gasteiger partial charge in [-0.1, -0.05) is 66.2 Å². The van der Waals surface area contributed by atoms with E-state index in [4.69, 9.17) is 18.9 Å². The summed E-state index contributed by atoms with van der Waals surface area (Å²) in [7, 11) is 0. The van der Waals surface area contributed by atoms with E-state index in [0.717, 1.165) is 38.5 Å². The van der Waals surface area contributed by atoms with E-state index in [1.807, 2.05) is 20.8 Å². The molecule has 35 heavy (non-hydrogen) atoms. The Kier molecular flexibility index (Phi) is 15.4. The van der Waals surface area contributed by atoms with Gasteiger partial charge in [-0.3, -0.25) is 0 Å². The van der Waals surface area contributed by atoms with Crippen LogP contribution in [0.4, 0.5) is 22.0 Å². The zero-order valence-corrected chi connectivity index (χ0v) is 21.5. The Morgan fingerprint density at radius 1 is 0.571 bits per heavy atom. The molecule has 204 valence electrons. The third kappa shape index (κ3) is 9.50. The van der Waals surface area contributed by atoms with Gasteiger partial charge < -0.3 is 18.9 Å². The van der Waals surface area contributed by atoms with Crippen LogP contribution in [0.1, 0.15) is 91.9 Å². The highest BCUT2D eigenvalue weighted by molar-refractivity contribution is 5.29. The topological polar surface area (TPSA) is 36.9 Å². The summed E-state index contributed by atoms with van der Waals surface area (Å²) < 4.78 is 92.7. The highest BCUT2D eigenvalue weighted by Gasteiger charge is 2.43. The van der Waals surface area contributed by atoms with Crippen LogP contribution in [0.2, 0.25) is 0 Å². The van der Waals surface area contributed by atoms with Crippen molar-refractivity contribution in [3.63, 3.8) is 0 Å². The Morgan fingerprint density at radius 3 is 1.46 bits per heavy atom. The largest absolute Gasteiger partial charge is 0.487 e. The van der Waals surface area contributed by atoms with E-state index < -0.39 is 53.3 Å². The average Bonchev–Trinajstić information content (AvgIpc) is 2.87. The van der Waals surface area contributed by atoms with Crippen molar-refractivity contribution in [1.82, 2.24) is 0 Å². The molecule has 0 radical (unpaired) electrons. The molecule has 0 bridgehead atoms. The molecule has 0 N–H and O–H groups in total. The van der Waals surface area contributed by atoms with Gasteiger partial charge in [-0.15, -0.1) is 0 Å². The standard InChI is InChI=1S/C26H41F5O4/c1-5-9-10-11-12-13-14-19(26(33-15-6-2,34-16-7-3)35-17-8-4)18-32-25-23(30)21(28)20(27)22(29)24(25)31/h19H,5-18H2,1-4H3. The number of rotatable bonds is 20. The molecule has 0 saturated carbocycles. The zero-order valence-electron chi connectivity index (χ0n) is 21.5. The van der Waals surface area contributed by atoms with Crippen molar-refractivity contribution in [2.45, 2.75) is 97.9 Å². The summed E-state index contributed by atoms with van der Waals surface area (Å²) >= 11 is 0. The summed E-state index contributed by atoms with van der Waals surface area (Å²) in [6.07, 6.45) is 8.45.